The Hall–Kier alpha value is -2.53. The summed E-state index contributed by atoms with van der Waals surface area (Å²) in [5.41, 5.74) is 2.45. The van der Waals surface area contributed by atoms with Crippen molar-refractivity contribution in [2.24, 2.45) is 0 Å². The van der Waals surface area contributed by atoms with Crippen molar-refractivity contribution in [1.29, 1.82) is 0 Å². The lowest BCUT2D eigenvalue weighted by molar-refractivity contribution is -0.115. The molecule has 0 spiro atoms. The number of halogens is 1. The topological polar surface area (TPSA) is 52.6 Å². The number of hydrogen-bond acceptors (Lipinski definition) is 2. The third-order valence-electron chi connectivity index (χ3n) is 4.17. The Bertz CT molecular complexity index is 759. The summed E-state index contributed by atoms with van der Waals surface area (Å²) < 4.78 is 0. The van der Waals surface area contributed by atoms with Crippen LogP contribution in [0.1, 0.15) is 12.0 Å². The van der Waals surface area contributed by atoms with Crippen LogP contribution in [0.4, 0.5) is 16.2 Å². The van der Waals surface area contributed by atoms with Crippen LogP contribution < -0.4 is 10.2 Å². The number of benzene rings is 2. The average molecular weight is 358 g/mol. The molecule has 0 aliphatic carbocycles. The van der Waals surface area contributed by atoms with Gasteiger partial charge in [0, 0.05) is 36.5 Å². The molecule has 6 heteroatoms. The lowest BCUT2D eigenvalue weighted by Crippen LogP contribution is -2.47. The Kier molecular flexibility index (Phi) is 5.24. The van der Waals surface area contributed by atoms with Crippen LogP contribution in [0.3, 0.4) is 0 Å². The first-order chi connectivity index (χ1) is 12.0. The number of anilines is 2. The number of urea groups is 1. The Morgan fingerprint density at radius 1 is 1.08 bits per heavy atom. The lowest BCUT2D eigenvalue weighted by atomic mass is 10.1. The minimum absolute atomic E-state index is 0.00535. The van der Waals surface area contributed by atoms with Crippen LogP contribution in [-0.2, 0) is 11.2 Å². The molecule has 0 aromatic heterocycles. The molecule has 0 saturated carbocycles. The maximum atomic E-state index is 12.2. The van der Waals surface area contributed by atoms with Crippen LogP contribution >= 0.6 is 11.6 Å². The highest BCUT2D eigenvalue weighted by Crippen LogP contribution is 2.22. The van der Waals surface area contributed by atoms with Gasteiger partial charge >= 0.3 is 6.03 Å². The Labute approximate surface area is 152 Å². The summed E-state index contributed by atoms with van der Waals surface area (Å²) in [5.74, 6) is -0.0937. The van der Waals surface area contributed by atoms with E-state index >= 15 is 0 Å². The van der Waals surface area contributed by atoms with E-state index in [1.807, 2.05) is 36.4 Å². The number of amides is 3. The standard InChI is InChI=1S/C19H20ClN3O2/c1-22-11-2-12-23(19(22)25)17-9-7-16(8-10-17)21-18(24)13-14-3-5-15(20)6-4-14/h3-10H,2,11-13H2,1H3,(H,21,24). The second kappa shape index (κ2) is 7.57. The molecular weight excluding hydrogens is 338 g/mol. The van der Waals surface area contributed by atoms with E-state index < -0.39 is 0 Å². The zero-order valence-electron chi connectivity index (χ0n) is 14.0. The molecule has 1 fully saturated rings. The molecule has 0 atom stereocenters. The summed E-state index contributed by atoms with van der Waals surface area (Å²) >= 11 is 5.84. The van der Waals surface area contributed by atoms with Crippen molar-refractivity contribution >= 4 is 34.9 Å². The summed E-state index contributed by atoms with van der Waals surface area (Å²) in [6.45, 7) is 1.50. The molecular formula is C19H20ClN3O2. The van der Waals surface area contributed by atoms with Gasteiger partial charge < -0.3 is 10.2 Å². The predicted octanol–water partition coefficient (Wildman–Crippen LogP) is 3.78. The molecule has 130 valence electrons. The minimum Gasteiger partial charge on any atom is -0.327 e. The number of rotatable bonds is 4. The van der Waals surface area contributed by atoms with Crippen molar-refractivity contribution in [3.05, 3.63) is 59.1 Å². The molecule has 25 heavy (non-hydrogen) atoms. The third-order valence-corrected chi connectivity index (χ3v) is 4.43. The van der Waals surface area contributed by atoms with Gasteiger partial charge in [0.2, 0.25) is 5.91 Å². The zero-order valence-corrected chi connectivity index (χ0v) is 14.8. The molecule has 1 aliphatic rings. The lowest BCUT2D eigenvalue weighted by Gasteiger charge is -2.33. The van der Waals surface area contributed by atoms with E-state index in [9.17, 15) is 9.59 Å². The number of hydrogen-bond donors (Lipinski definition) is 1. The fraction of sp³-hybridized carbons (Fsp3) is 0.263. The highest BCUT2D eigenvalue weighted by molar-refractivity contribution is 6.30. The van der Waals surface area contributed by atoms with Gasteiger partial charge in [-0.3, -0.25) is 9.69 Å². The van der Waals surface area contributed by atoms with Crippen LogP contribution in [0.5, 0.6) is 0 Å². The van der Waals surface area contributed by atoms with E-state index in [1.54, 1.807) is 29.0 Å². The number of nitrogens with zero attached hydrogens (tertiary/aromatic N) is 2. The fourth-order valence-corrected chi connectivity index (χ4v) is 2.95. The van der Waals surface area contributed by atoms with Crippen LogP contribution in [0.15, 0.2) is 48.5 Å². The van der Waals surface area contributed by atoms with Crippen molar-refractivity contribution < 1.29 is 9.59 Å². The number of carbonyl (C=O) groups is 2. The second-order valence-corrected chi connectivity index (χ2v) is 6.54. The largest absolute Gasteiger partial charge is 0.327 e. The first-order valence-corrected chi connectivity index (χ1v) is 8.58. The fourth-order valence-electron chi connectivity index (χ4n) is 2.82. The summed E-state index contributed by atoms with van der Waals surface area (Å²) in [7, 11) is 1.81. The SMILES string of the molecule is CN1CCCN(c2ccc(NC(=O)Cc3ccc(Cl)cc3)cc2)C1=O. The van der Waals surface area contributed by atoms with Crippen molar-refractivity contribution in [2.75, 3.05) is 30.4 Å². The maximum absolute atomic E-state index is 12.2. The molecule has 1 aliphatic heterocycles. The molecule has 0 radical (unpaired) electrons. The van der Waals surface area contributed by atoms with Crippen molar-refractivity contribution in [1.82, 2.24) is 4.90 Å². The predicted molar refractivity (Wildman–Crippen MR) is 100 cm³/mol. The van der Waals surface area contributed by atoms with E-state index in [0.717, 1.165) is 24.2 Å². The highest BCUT2D eigenvalue weighted by Gasteiger charge is 2.23. The van der Waals surface area contributed by atoms with Crippen molar-refractivity contribution in [3.8, 4) is 0 Å². The van der Waals surface area contributed by atoms with Gasteiger partial charge in [-0.05, 0) is 48.4 Å². The molecule has 2 aromatic carbocycles. The molecule has 2 aromatic rings. The summed E-state index contributed by atoms with van der Waals surface area (Å²) in [6.07, 6.45) is 1.23. The highest BCUT2D eigenvalue weighted by atomic mass is 35.5. The van der Waals surface area contributed by atoms with E-state index in [2.05, 4.69) is 5.32 Å². The van der Waals surface area contributed by atoms with Crippen LogP contribution in [0.2, 0.25) is 5.02 Å². The zero-order chi connectivity index (χ0) is 17.8. The third kappa shape index (κ3) is 4.31. The molecule has 1 saturated heterocycles. The van der Waals surface area contributed by atoms with E-state index in [-0.39, 0.29) is 18.4 Å². The Morgan fingerprint density at radius 2 is 1.76 bits per heavy atom. The summed E-state index contributed by atoms with van der Waals surface area (Å²) in [4.78, 5) is 27.8. The van der Waals surface area contributed by atoms with E-state index in [1.165, 1.54) is 0 Å². The van der Waals surface area contributed by atoms with E-state index in [0.29, 0.717) is 17.3 Å². The quantitative estimate of drug-likeness (QED) is 0.905. The van der Waals surface area contributed by atoms with Crippen LogP contribution in [-0.4, -0.2) is 37.0 Å². The average Bonchev–Trinajstić information content (AvgIpc) is 2.60. The van der Waals surface area contributed by atoms with Crippen LogP contribution in [0, 0.1) is 0 Å². The molecule has 1 heterocycles. The molecule has 5 nitrogen and oxygen atoms in total. The van der Waals surface area contributed by atoms with E-state index in [4.69, 9.17) is 11.6 Å². The van der Waals surface area contributed by atoms with Gasteiger partial charge in [0.05, 0.1) is 6.42 Å². The van der Waals surface area contributed by atoms with Gasteiger partial charge in [0.25, 0.3) is 0 Å². The van der Waals surface area contributed by atoms with Gasteiger partial charge in [-0.1, -0.05) is 23.7 Å². The summed E-state index contributed by atoms with van der Waals surface area (Å²) in [6, 6.07) is 14.6. The van der Waals surface area contributed by atoms with Gasteiger partial charge in [-0.15, -0.1) is 0 Å². The normalized spacial score (nSPS) is 14.6. The van der Waals surface area contributed by atoms with Gasteiger partial charge in [0.1, 0.15) is 0 Å². The molecule has 0 unspecified atom stereocenters. The Balaban J connectivity index is 1.61. The number of nitrogens with one attached hydrogen (secondary N) is 1. The van der Waals surface area contributed by atoms with Crippen LogP contribution in [0.25, 0.3) is 0 Å². The molecule has 3 rings (SSSR count). The second-order valence-electron chi connectivity index (χ2n) is 6.11. The molecule has 0 bridgehead atoms. The minimum atomic E-state index is -0.0937. The Morgan fingerprint density at radius 3 is 2.44 bits per heavy atom. The first-order valence-electron chi connectivity index (χ1n) is 8.20. The van der Waals surface area contributed by atoms with Crippen molar-refractivity contribution in [3.63, 3.8) is 0 Å². The smallest absolute Gasteiger partial charge is 0.324 e. The molecule has 3 amide bonds. The maximum Gasteiger partial charge on any atom is 0.324 e. The first kappa shape index (κ1) is 17.3. The monoisotopic (exact) mass is 357 g/mol. The van der Waals surface area contributed by atoms with Gasteiger partial charge in [-0.25, -0.2) is 4.79 Å². The molecule has 1 N–H and O–H groups in total. The van der Waals surface area contributed by atoms with Crippen molar-refractivity contribution in [2.45, 2.75) is 12.8 Å². The van der Waals surface area contributed by atoms with Gasteiger partial charge in [-0.2, -0.15) is 0 Å². The van der Waals surface area contributed by atoms with Gasteiger partial charge in [0.15, 0.2) is 0 Å². The summed E-state index contributed by atoms with van der Waals surface area (Å²) in [5, 5.41) is 3.52. The number of carbonyl (C=O) groups excluding carboxylic acids is 2.